The van der Waals surface area contributed by atoms with E-state index in [1.807, 2.05) is 6.92 Å². The second-order valence-electron chi connectivity index (χ2n) is 4.81. The minimum absolute atomic E-state index is 0.0609. The molecule has 0 aromatic heterocycles. The topological polar surface area (TPSA) is 69.6 Å². The zero-order valence-electron chi connectivity index (χ0n) is 11.3. The minimum atomic E-state index is -1.20. The number of aromatic carboxylic acids is 1. The monoisotopic (exact) mass is 328 g/mol. The fraction of sp³-hybridized carbons (Fsp3) is 0.286. The van der Waals surface area contributed by atoms with Crippen molar-refractivity contribution in [3.63, 3.8) is 0 Å². The number of benzene rings is 1. The number of amides is 2. The third-order valence-corrected chi connectivity index (χ3v) is 3.65. The molecule has 5 nitrogen and oxygen atoms in total. The van der Waals surface area contributed by atoms with E-state index in [1.165, 1.54) is 12.1 Å². The van der Waals surface area contributed by atoms with Crippen LogP contribution in [0.3, 0.4) is 0 Å². The highest BCUT2D eigenvalue weighted by atomic mass is 35.5. The fourth-order valence-electron chi connectivity index (χ4n) is 2.14. The Labute approximate surface area is 132 Å². The van der Waals surface area contributed by atoms with Crippen molar-refractivity contribution in [2.75, 3.05) is 18.4 Å². The van der Waals surface area contributed by atoms with Crippen LogP contribution < -0.4 is 5.32 Å². The largest absolute Gasteiger partial charge is 0.478 e. The van der Waals surface area contributed by atoms with Gasteiger partial charge in [-0.2, -0.15) is 0 Å². The summed E-state index contributed by atoms with van der Waals surface area (Å²) in [7, 11) is 0. The molecule has 1 aromatic rings. The lowest BCUT2D eigenvalue weighted by Crippen LogP contribution is -2.38. The van der Waals surface area contributed by atoms with E-state index in [2.05, 4.69) is 11.4 Å². The Kier molecular flexibility index (Phi) is 4.75. The Hall–Kier alpha value is -1.72. The van der Waals surface area contributed by atoms with Crippen molar-refractivity contribution < 1.29 is 14.7 Å². The fourth-order valence-corrected chi connectivity index (χ4v) is 2.68. The number of urea groups is 1. The number of halogens is 2. The maximum Gasteiger partial charge on any atom is 0.337 e. The highest BCUT2D eigenvalue weighted by Gasteiger charge is 2.21. The number of nitrogens with zero attached hydrogens (tertiary/aromatic N) is 1. The van der Waals surface area contributed by atoms with Gasteiger partial charge in [-0.05, 0) is 25.5 Å². The van der Waals surface area contributed by atoms with Crippen molar-refractivity contribution in [2.45, 2.75) is 13.3 Å². The molecule has 0 aliphatic carbocycles. The quantitative estimate of drug-likeness (QED) is 0.809. The molecule has 0 fully saturated rings. The molecule has 2 amide bonds. The first-order valence-corrected chi connectivity index (χ1v) is 7.08. The van der Waals surface area contributed by atoms with Crippen LogP contribution >= 0.6 is 23.2 Å². The first kappa shape index (κ1) is 15.7. The van der Waals surface area contributed by atoms with Crippen LogP contribution in [0, 0.1) is 0 Å². The van der Waals surface area contributed by atoms with Crippen LogP contribution in [-0.4, -0.2) is 35.1 Å². The molecule has 0 radical (unpaired) electrons. The SMILES string of the molecule is CC1=CCCN(C(=O)Nc2c(Cl)cc(Cl)cc2C(=O)O)C1. The minimum Gasteiger partial charge on any atom is -0.478 e. The van der Waals surface area contributed by atoms with E-state index < -0.39 is 5.97 Å². The van der Waals surface area contributed by atoms with Crippen molar-refractivity contribution in [2.24, 2.45) is 0 Å². The number of anilines is 1. The summed E-state index contributed by atoms with van der Waals surface area (Å²) in [6, 6.07) is 2.27. The van der Waals surface area contributed by atoms with E-state index in [0.717, 1.165) is 12.0 Å². The number of carbonyl (C=O) groups is 2. The van der Waals surface area contributed by atoms with Crippen LogP contribution in [0.4, 0.5) is 10.5 Å². The van der Waals surface area contributed by atoms with Gasteiger partial charge in [0.25, 0.3) is 0 Å². The first-order valence-electron chi connectivity index (χ1n) is 6.32. The summed E-state index contributed by atoms with van der Waals surface area (Å²) in [4.78, 5) is 25.1. The van der Waals surface area contributed by atoms with Gasteiger partial charge in [-0.1, -0.05) is 34.9 Å². The normalized spacial score (nSPS) is 14.6. The lowest BCUT2D eigenvalue weighted by Gasteiger charge is -2.26. The highest BCUT2D eigenvalue weighted by Crippen LogP contribution is 2.30. The standard InChI is InChI=1S/C14H14Cl2N2O3/c1-8-3-2-4-18(7-8)14(21)17-12-10(13(19)20)5-9(15)6-11(12)16/h3,5-6H,2,4,7H2,1H3,(H,17,21)(H,19,20). The molecule has 112 valence electrons. The van der Waals surface area contributed by atoms with Crippen molar-refractivity contribution in [1.82, 2.24) is 4.90 Å². The molecule has 2 N–H and O–H groups in total. The molecule has 1 aliphatic rings. The number of carbonyl (C=O) groups excluding carboxylic acids is 1. The van der Waals surface area contributed by atoms with Crippen LogP contribution in [0.2, 0.25) is 10.0 Å². The summed E-state index contributed by atoms with van der Waals surface area (Å²) in [6.45, 7) is 3.04. The van der Waals surface area contributed by atoms with Gasteiger partial charge in [0.15, 0.2) is 0 Å². The van der Waals surface area contributed by atoms with E-state index in [1.54, 1.807) is 4.90 Å². The summed E-state index contributed by atoms with van der Waals surface area (Å²) in [5, 5.41) is 12.1. The van der Waals surface area contributed by atoms with Crippen molar-refractivity contribution >= 4 is 40.9 Å². The molecular formula is C14H14Cl2N2O3. The molecule has 21 heavy (non-hydrogen) atoms. The molecule has 0 saturated heterocycles. The molecule has 1 aliphatic heterocycles. The average Bonchev–Trinajstić information content (AvgIpc) is 2.41. The van der Waals surface area contributed by atoms with Gasteiger partial charge in [-0.3, -0.25) is 0 Å². The lowest BCUT2D eigenvalue weighted by molar-refractivity contribution is 0.0698. The van der Waals surface area contributed by atoms with Crippen LogP contribution in [0.5, 0.6) is 0 Å². The molecule has 1 aromatic carbocycles. The summed E-state index contributed by atoms with van der Waals surface area (Å²) >= 11 is 11.8. The van der Waals surface area contributed by atoms with Crippen molar-refractivity contribution in [3.8, 4) is 0 Å². The Morgan fingerprint density at radius 2 is 2.05 bits per heavy atom. The number of carboxylic acid groups (broad SMARTS) is 1. The second-order valence-corrected chi connectivity index (χ2v) is 5.65. The summed E-state index contributed by atoms with van der Waals surface area (Å²) in [6.07, 6.45) is 2.85. The Morgan fingerprint density at radius 1 is 1.33 bits per heavy atom. The Bertz CT molecular complexity index is 629. The van der Waals surface area contributed by atoms with Gasteiger partial charge < -0.3 is 15.3 Å². The van der Waals surface area contributed by atoms with Gasteiger partial charge in [0.1, 0.15) is 0 Å². The van der Waals surface area contributed by atoms with Crippen LogP contribution in [0.1, 0.15) is 23.7 Å². The Morgan fingerprint density at radius 3 is 2.67 bits per heavy atom. The van der Waals surface area contributed by atoms with Crippen molar-refractivity contribution in [3.05, 3.63) is 39.4 Å². The van der Waals surface area contributed by atoms with Gasteiger partial charge in [-0.25, -0.2) is 9.59 Å². The van der Waals surface area contributed by atoms with Crippen LogP contribution in [-0.2, 0) is 0 Å². The molecule has 7 heteroatoms. The maximum atomic E-state index is 12.2. The van der Waals surface area contributed by atoms with Gasteiger partial charge in [0.2, 0.25) is 0 Å². The third kappa shape index (κ3) is 3.68. The van der Waals surface area contributed by atoms with E-state index in [-0.39, 0.29) is 27.3 Å². The molecule has 0 unspecified atom stereocenters. The zero-order valence-corrected chi connectivity index (χ0v) is 12.8. The van der Waals surface area contributed by atoms with Crippen LogP contribution in [0.25, 0.3) is 0 Å². The number of hydrogen-bond acceptors (Lipinski definition) is 2. The van der Waals surface area contributed by atoms with Crippen LogP contribution in [0.15, 0.2) is 23.8 Å². The van der Waals surface area contributed by atoms with E-state index in [9.17, 15) is 14.7 Å². The molecule has 0 atom stereocenters. The number of hydrogen-bond donors (Lipinski definition) is 2. The van der Waals surface area contributed by atoms with E-state index in [0.29, 0.717) is 13.1 Å². The molecular weight excluding hydrogens is 315 g/mol. The number of rotatable bonds is 2. The molecule has 2 rings (SSSR count). The van der Waals surface area contributed by atoms with Gasteiger partial charge in [0, 0.05) is 18.1 Å². The van der Waals surface area contributed by atoms with Gasteiger partial charge in [0.05, 0.1) is 16.3 Å². The predicted molar refractivity (Wildman–Crippen MR) is 82.4 cm³/mol. The smallest absolute Gasteiger partial charge is 0.337 e. The number of carboxylic acids is 1. The average molecular weight is 329 g/mol. The molecule has 1 heterocycles. The maximum absolute atomic E-state index is 12.2. The number of nitrogens with one attached hydrogen (secondary N) is 1. The third-order valence-electron chi connectivity index (χ3n) is 3.14. The van der Waals surface area contributed by atoms with Gasteiger partial charge >= 0.3 is 12.0 Å². The second kappa shape index (κ2) is 6.37. The first-order chi connectivity index (χ1) is 9.88. The lowest BCUT2D eigenvalue weighted by atomic mass is 10.1. The molecule has 0 saturated carbocycles. The predicted octanol–water partition coefficient (Wildman–Crippen LogP) is 3.88. The summed E-state index contributed by atoms with van der Waals surface area (Å²) in [5.74, 6) is -1.20. The zero-order chi connectivity index (χ0) is 15.6. The molecule has 0 spiro atoms. The highest BCUT2D eigenvalue weighted by molar-refractivity contribution is 6.37. The summed E-state index contributed by atoms with van der Waals surface area (Å²) < 4.78 is 0. The van der Waals surface area contributed by atoms with E-state index in [4.69, 9.17) is 23.2 Å². The van der Waals surface area contributed by atoms with Crippen molar-refractivity contribution in [1.29, 1.82) is 0 Å². The molecule has 0 bridgehead atoms. The van der Waals surface area contributed by atoms with E-state index >= 15 is 0 Å². The van der Waals surface area contributed by atoms with Gasteiger partial charge in [-0.15, -0.1) is 0 Å². The summed E-state index contributed by atoms with van der Waals surface area (Å²) in [5.41, 5.74) is 1.02. The Balaban J connectivity index is 2.25.